The summed E-state index contributed by atoms with van der Waals surface area (Å²) in [6.07, 6.45) is -4.34. The van der Waals surface area contributed by atoms with Gasteiger partial charge >= 0.3 is 6.18 Å². The van der Waals surface area contributed by atoms with Crippen molar-refractivity contribution in [2.24, 2.45) is 11.8 Å². The fourth-order valence-electron chi connectivity index (χ4n) is 5.64. The van der Waals surface area contributed by atoms with E-state index in [4.69, 9.17) is 27.6 Å². The summed E-state index contributed by atoms with van der Waals surface area (Å²) in [5.41, 5.74) is -4.81. The van der Waals surface area contributed by atoms with Crippen molar-refractivity contribution in [3.8, 4) is 5.88 Å². The van der Waals surface area contributed by atoms with Gasteiger partial charge in [0.2, 0.25) is 17.7 Å². The van der Waals surface area contributed by atoms with E-state index in [1.807, 2.05) is 0 Å². The number of aliphatic hydroxyl groups is 1. The number of alkyl halides is 3. The first-order chi connectivity index (χ1) is 16.9. The molecule has 0 aliphatic carbocycles. The Bertz CT molecular complexity index is 1300. The number of imide groups is 1. The number of hydrogen-bond donors (Lipinski definition) is 1. The fourth-order valence-corrected chi connectivity index (χ4v) is 5.75. The molecule has 5 atom stereocenters. The molecule has 0 spiro atoms. The molecule has 36 heavy (non-hydrogen) atoms. The van der Waals surface area contributed by atoms with Crippen LogP contribution in [-0.2, 0) is 20.5 Å². The monoisotopic (exact) mass is 521 g/mol. The van der Waals surface area contributed by atoms with Crippen LogP contribution in [0.1, 0.15) is 25.3 Å². The molecular weight excluding hydrogens is 503 g/mol. The predicted molar refractivity (Wildman–Crippen MR) is 119 cm³/mol. The molecule has 2 aromatic rings. The number of fused-ring (bicyclic) bond motifs is 5. The summed E-state index contributed by atoms with van der Waals surface area (Å²) < 4.78 is 52.4. The Hall–Kier alpha value is -3.20. The van der Waals surface area contributed by atoms with Crippen LogP contribution in [0, 0.1) is 18.4 Å². The summed E-state index contributed by atoms with van der Waals surface area (Å²) in [5.74, 6) is -3.29. The molecule has 0 saturated carbocycles. The Balaban J connectivity index is 1.46. The molecule has 2 bridgehead atoms. The number of nitrogens with zero attached hydrogens (tertiary/aromatic N) is 3. The lowest BCUT2D eigenvalue weighted by Crippen LogP contribution is -2.49. The standard InChI is InChI=1S/C24H19ClF3N3O5/c1-22-16(32)10-23(36-22,7-8-35-17-6-3-12(25)11-30-17)19-18(22)20(33)31(21(19)34)13-4-5-15(29-2)14(9-13)24(26,27)28/h3-6,9,11,16,18-19,32H,7-8,10H2,1H3/t16-,18-,19+,22?,23?/m1/s1. The molecule has 1 aromatic heterocycles. The van der Waals surface area contributed by atoms with Gasteiger partial charge in [-0.3, -0.25) is 9.59 Å². The van der Waals surface area contributed by atoms with Crippen molar-refractivity contribution in [2.75, 3.05) is 11.5 Å². The predicted octanol–water partition coefficient (Wildman–Crippen LogP) is 4.17. The number of aromatic nitrogens is 1. The average Bonchev–Trinajstić information content (AvgIpc) is 3.35. The molecule has 3 saturated heterocycles. The van der Waals surface area contributed by atoms with Gasteiger partial charge in [-0.25, -0.2) is 14.7 Å². The summed E-state index contributed by atoms with van der Waals surface area (Å²) in [6, 6.07) is 5.86. The highest BCUT2D eigenvalue weighted by molar-refractivity contribution is 6.30. The molecule has 3 aliphatic rings. The Labute approximate surface area is 208 Å². The minimum atomic E-state index is -4.85. The Morgan fingerprint density at radius 2 is 2.00 bits per heavy atom. The molecule has 0 radical (unpaired) electrons. The van der Waals surface area contributed by atoms with E-state index in [9.17, 15) is 27.9 Å². The molecule has 12 heteroatoms. The molecule has 188 valence electrons. The number of anilines is 1. The Morgan fingerprint density at radius 1 is 1.28 bits per heavy atom. The maximum atomic E-state index is 13.6. The first kappa shape index (κ1) is 24.5. The molecule has 1 aromatic carbocycles. The number of rotatable bonds is 5. The van der Waals surface area contributed by atoms with Crippen LogP contribution >= 0.6 is 11.6 Å². The van der Waals surface area contributed by atoms with Crippen LogP contribution in [0.15, 0.2) is 36.5 Å². The molecule has 3 fully saturated rings. The molecule has 5 rings (SSSR count). The van der Waals surface area contributed by atoms with Crippen LogP contribution in [0.3, 0.4) is 0 Å². The number of benzene rings is 1. The molecule has 1 N–H and O–H groups in total. The zero-order valence-corrected chi connectivity index (χ0v) is 19.5. The van der Waals surface area contributed by atoms with Crippen molar-refractivity contribution in [3.63, 3.8) is 0 Å². The minimum absolute atomic E-state index is 0.0417. The summed E-state index contributed by atoms with van der Waals surface area (Å²) in [7, 11) is 0. The summed E-state index contributed by atoms with van der Waals surface area (Å²) in [5, 5.41) is 11.2. The van der Waals surface area contributed by atoms with E-state index in [0.717, 1.165) is 12.1 Å². The molecule has 2 unspecified atom stereocenters. The molecule has 4 heterocycles. The van der Waals surface area contributed by atoms with Crippen molar-refractivity contribution in [2.45, 2.75) is 43.2 Å². The van der Waals surface area contributed by atoms with Crippen LogP contribution in [-0.4, -0.2) is 45.8 Å². The molecule has 3 aliphatic heterocycles. The van der Waals surface area contributed by atoms with Gasteiger partial charge in [-0.2, -0.15) is 13.2 Å². The van der Waals surface area contributed by atoms with Crippen LogP contribution in [0.5, 0.6) is 5.88 Å². The van der Waals surface area contributed by atoms with E-state index in [2.05, 4.69) is 9.83 Å². The van der Waals surface area contributed by atoms with Crippen LogP contribution in [0.25, 0.3) is 4.85 Å². The topological polar surface area (TPSA) is 93.3 Å². The van der Waals surface area contributed by atoms with E-state index in [0.29, 0.717) is 16.0 Å². The van der Waals surface area contributed by atoms with Crippen LogP contribution in [0.4, 0.5) is 24.5 Å². The summed E-state index contributed by atoms with van der Waals surface area (Å²) >= 11 is 5.82. The van der Waals surface area contributed by atoms with Crippen molar-refractivity contribution >= 4 is 34.8 Å². The third-order valence-electron chi connectivity index (χ3n) is 7.25. The second kappa shape index (κ2) is 8.16. The number of amides is 2. The normalized spacial score (nSPS) is 31.0. The number of pyridine rings is 1. The van der Waals surface area contributed by atoms with E-state index in [1.54, 1.807) is 12.1 Å². The van der Waals surface area contributed by atoms with Gasteiger partial charge in [0.15, 0.2) is 5.69 Å². The maximum absolute atomic E-state index is 13.6. The van der Waals surface area contributed by atoms with E-state index in [-0.39, 0.29) is 31.0 Å². The van der Waals surface area contributed by atoms with Gasteiger partial charge in [-0.05, 0) is 25.1 Å². The first-order valence-electron chi connectivity index (χ1n) is 11.0. The number of ether oxygens (including phenoxy) is 2. The molecule has 8 nitrogen and oxygen atoms in total. The summed E-state index contributed by atoms with van der Waals surface area (Å²) in [6.45, 7) is 8.58. The number of aliphatic hydroxyl groups excluding tert-OH is 1. The lowest BCUT2D eigenvalue weighted by molar-refractivity contribution is -0.137. The van der Waals surface area contributed by atoms with Gasteiger partial charge < -0.3 is 14.6 Å². The number of carbonyl (C=O) groups excluding carboxylic acids is 2. The lowest BCUT2D eigenvalue weighted by Gasteiger charge is -2.33. The largest absolute Gasteiger partial charge is 0.478 e. The van der Waals surface area contributed by atoms with Gasteiger partial charge in [0, 0.05) is 30.8 Å². The summed E-state index contributed by atoms with van der Waals surface area (Å²) in [4.78, 5) is 34.6. The quantitative estimate of drug-likeness (QED) is 0.469. The average molecular weight is 522 g/mol. The van der Waals surface area contributed by atoms with Gasteiger partial charge in [-0.1, -0.05) is 17.7 Å². The number of carbonyl (C=O) groups is 2. The highest BCUT2D eigenvalue weighted by Crippen LogP contribution is 2.62. The van der Waals surface area contributed by atoms with Crippen molar-refractivity contribution in [1.29, 1.82) is 0 Å². The first-order valence-corrected chi connectivity index (χ1v) is 11.4. The number of halogens is 4. The zero-order valence-electron chi connectivity index (χ0n) is 18.8. The van der Waals surface area contributed by atoms with Crippen LogP contribution in [0.2, 0.25) is 5.02 Å². The second-order valence-corrected chi connectivity index (χ2v) is 9.70. The molecule has 2 amide bonds. The molecular formula is C24H19ClF3N3O5. The van der Waals surface area contributed by atoms with Gasteiger partial charge in [0.1, 0.15) is 5.60 Å². The van der Waals surface area contributed by atoms with E-state index < -0.39 is 58.4 Å². The third-order valence-corrected chi connectivity index (χ3v) is 7.48. The maximum Gasteiger partial charge on any atom is 0.407 e. The highest BCUT2D eigenvalue weighted by atomic mass is 35.5. The van der Waals surface area contributed by atoms with Gasteiger partial charge in [-0.15, -0.1) is 0 Å². The minimum Gasteiger partial charge on any atom is -0.478 e. The Kier molecular flexibility index (Phi) is 5.55. The SMILES string of the molecule is [C-]#[N+]c1ccc(N2C(=O)[C@@H]3[C@H](C2=O)C2(C)OC3(CCOc3ccc(Cl)cn3)C[C@H]2O)cc1C(F)(F)F. The Morgan fingerprint density at radius 3 is 2.64 bits per heavy atom. The smallest absolute Gasteiger partial charge is 0.407 e. The zero-order chi connectivity index (χ0) is 26.0. The third kappa shape index (κ3) is 3.55. The highest BCUT2D eigenvalue weighted by Gasteiger charge is 2.77. The fraction of sp³-hybridized carbons (Fsp3) is 0.417. The second-order valence-electron chi connectivity index (χ2n) is 9.26. The van der Waals surface area contributed by atoms with Gasteiger partial charge in [0.05, 0.1) is 47.3 Å². The van der Waals surface area contributed by atoms with Crippen molar-refractivity contribution < 1.29 is 37.3 Å². The van der Waals surface area contributed by atoms with Crippen molar-refractivity contribution in [3.05, 3.63) is 58.5 Å². The van der Waals surface area contributed by atoms with E-state index in [1.165, 1.54) is 13.1 Å². The van der Waals surface area contributed by atoms with Crippen LogP contribution < -0.4 is 9.64 Å². The van der Waals surface area contributed by atoms with Crippen molar-refractivity contribution in [1.82, 2.24) is 4.98 Å². The van der Waals surface area contributed by atoms with Gasteiger partial charge in [0.25, 0.3) is 0 Å². The number of hydrogen-bond acceptors (Lipinski definition) is 6. The van der Waals surface area contributed by atoms with E-state index >= 15 is 0 Å². The lowest BCUT2D eigenvalue weighted by atomic mass is 9.66.